The number of Topliss-reactive ketones (excluding diaryl/α,β-unsaturated/α-hetero) is 2. The first-order valence-corrected chi connectivity index (χ1v) is 15.4. The van der Waals surface area contributed by atoms with Gasteiger partial charge in [0.1, 0.15) is 17.8 Å². The molecule has 2 saturated carbocycles. The second-order valence-electron chi connectivity index (χ2n) is 14.3. The summed E-state index contributed by atoms with van der Waals surface area (Å²) in [6, 6.07) is 9.67. The van der Waals surface area contributed by atoms with Gasteiger partial charge >= 0.3 is 6.03 Å². The Morgan fingerprint density at radius 1 is 1.02 bits per heavy atom. The number of para-hydroxylation sites is 1. The fraction of sp³-hybridized carbons (Fsp3) is 0.529. The van der Waals surface area contributed by atoms with E-state index < -0.39 is 75.6 Å². The maximum atomic E-state index is 14.5. The third-order valence-corrected chi connectivity index (χ3v) is 10.7. The Bertz CT molecular complexity index is 1570. The lowest BCUT2D eigenvalue weighted by Crippen LogP contribution is -2.79. The second-order valence-corrected chi connectivity index (χ2v) is 14.3. The summed E-state index contributed by atoms with van der Waals surface area (Å²) in [4.78, 5) is 53.7. The van der Waals surface area contributed by atoms with Crippen molar-refractivity contribution < 1.29 is 39.6 Å². The van der Waals surface area contributed by atoms with Crippen LogP contribution in [-0.4, -0.2) is 61.7 Å². The van der Waals surface area contributed by atoms with E-state index in [9.17, 15) is 39.6 Å². The molecule has 0 saturated heterocycles. The van der Waals surface area contributed by atoms with Crippen molar-refractivity contribution >= 4 is 34.9 Å². The average molecular weight is 622 g/mol. The molecule has 0 aliphatic heterocycles. The van der Waals surface area contributed by atoms with Crippen molar-refractivity contribution in [2.24, 2.45) is 40.2 Å². The van der Waals surface area contributed by atoms with Crippen LogP contribution in [0.5, 0.6) is 5.75 Å². The summed E-state index contributed by atoms with van der Waals surface area (Å²) >= 11 is 0. The summed E-state index contributed by atoms with van der Waals surface area (Å²) in [6.45, 7) is 10.9. The third kappa shape index (κ3) is 4.66. The third-order valence-electron chi connectivity index (χ3n) is 10.7. The quantitative estimate of drug-likeness (QED) is 0.195. The van der Waals surface area contributed by atoms with Crippen LogP contribution >= 0.6 is 0 Å². The van der Waals surface area contributed by atoms with Gasteiger partial charge in [0.05, 0.1) is 23.3 Å². The minimum atomic E-state index is -2.60. The van der Waals surface area contributed by atoms with Crippen molar-refractivity contribution in [2.45, 2.75) is 78.1 Å². The zero-order valence-electron chi connectivity index (χ0n) is 26.4. The summed E-state index contributed by atoms with van der Waals surface area (Å²) < 4.78 is 0. The number of nitrogens with one attached hydrogen (secondary N) is 2. The van der Waals surface area contributed by atoms with Gasteiger partial charge in [-0.3, -0.25) is 14.4 Å². The van der Waals surface area contributed by atoms with E-state index in [1.54, 1.807) is 57.2 Å². The number of aliphatic hydroxyl groups excluding tert-OH is 2. The fourth-order valence-corrected chi connectivity index (χ4v) is 9.04. The van der Waals surface area contributed by atoms with Crippen LogP contribution in [0.1, 0.15) is 75.4 Å². The number of nitrogens with two attached hydrogens (primary N) is 1. The molecule has 0 bridgehead atoms. The average Bonchev–Trinajstić information content (AvgIpc) is 2.92. The predicted molar refractivity (Wildman–Crippen MR) is 167 cm³/mol. The molecule has 0 aromatic heterocycles. The Kier molecular flexibility index (Phi) is 7.91. The first kappa shape index (κ1) is 32.6. The minimum Gasteiger partial charge on any atom is -0.505 e. The van der Waals surface area contributed by atoms with E-state index in [1.807, 2.05) is 20.8 Å². The maximum absolute atomic E-state index is 14.5. The number of anilines is 2. The van der Waals surface area contributed by atoms with E-state index in [4.69, 9.17) is 5.73 Å². The number of hydrogen-bond acceptors (Lipinski definition) is 8. The summed E-state index contributed by atoms with van der Waals surface area (Å²) in [5.74, 6) is -7.85. The molecule has 2 aromatic rings. The van der Waals surface area contributed by atoms with E-state index in [2.05, 4.69) is 10.6 Å². The van der Waals surface area contributed by atoms with Gasteiger partial charge in [-0.1, -0.05) is 59.7 Å². The van der Waals surface area contributed by atoms with Crippen molar-refractivity contribution in [3.63, 3.8) is 0 Å². The Labute approximate surface area is 262 Å². The highest BCUT2D eigenvalue weighted by atomic mass is 16.4. The molecule has 2 aromatic carbocycles. The monoisotopic (exact) mass is 621 g/mol. The van der Waals surface area contributed by atoms with E-state index in [0.717, 1.165) is 0 Å². The van der Waals surface area contributed by atoms with Gasteiger partial charge < -0.3 is 36.8 Å². The second kappa shape index (κ2) is 10.9. The van der Waals surface area contributed by atoms with E-state index >= 15 is 0 Å². The van der Waals surface area contributed by atoms with Crippen LogP contribution in [-0.2, 0) is 16.0 Å². The van der Waals surface area contributed by atoms with Gasteiger partial charge in [-0.05, 0) is 65.3 Å². The molecule has 3 amide bonds. The van der Waals surface area contributed by atoms with Crippen LogP contribution in [0.2, 0.25) is 0 Å². The number of phenols is 1. The molecule has 0 radical (unpaired) electrons. The van der Waals surface area contributed by atoms with Crippen LogP contribution in [0, 0.1) is 34.5 Å². The van der Waals surface area contributed by atoms with Gasteiger partial charge in [0.25, 0.3) is 0 Å². The number of aliphatic hydroxyl groups is 3. The van der Waals surface area contributed by atoms with Gasteiger partial charge in [0.15, 0.2) is 17.2 Å². The molecule has 242 valence electrons. The lowest BCUT2D eigenvalue weighted by atomic mass is 9.39. The Hall–Kier alpha value is -3.80. The molecule has 11 heteroatoms. The lowest BCUT2D eigenvalue weighted by molar-refractivity contribution is -0.265. The molecule has 3 aliphatic rings. The Morgan fingerprint density at radius 3 is 2.20 bits per heavy atom. The summed E-state index contributed by atoms with van der Waals surface area (Å²) in [5, 5.41) is 52.4. The Morgan fingerprint density at radius 2 is 1.64 bits per heavy atom. The molecule has 5 rings (SSSR count). The number of carbonyl (C=O) groups excluding carboxylic acids is 4. The molecule has 45 heavy (non-hydrogen) atoms. The molecule has 11 nitrogen and oxygen atoms in total. The number of urea groups is 1. The zero-order chi connectivity index (χ0) is 33.4. The zero-order valence-corrected chi connectivity index (χ0v) is 26.4. The summed E-state index contributed by atoms with van der Waals surface area (Å²) in [6.07, 6.45) is -3.22. The predicted octanol–water partition coefficient (Wildman–Crippen LogP) is 3.34. The molecule has 3 aliphatic carbocycles. The number of hydrogen-bond donors (Lipinski definition) is 7. The molecule has 0 spiro atoms. The first-order valence-electron chi connectivity index (χ1n) is 15.4. The van der Waals surface area contributed by atoms with Gasteiger partial charge in [-0.2, -0.15) is 0 Å². The van der Waals surface area contributed by atoms with Gasteiger partial charge in [0.2, 0.25) is 5.91 Å². The number of aromatic hydroxyl groups is 1. The largest absolute Gasteiger partial charge is 0.505 e. The molecule has 0 heterocycles. The van der Waals surface area contributed by atoms with Crippen LogP contribution in [0.15, 0.2) is 36.4 Å². The number of primary amides is 1. The first-order chi connectivity index (χ1) is 20.9. The number of benzene rings is 2. The summed E-state index contributed by atoms with van der Waals surface area (Å²) in [7, 11) is 0. The maximum Gasteiger partial charge on any atom is 0.323 e. The molecule has 2 unspecified atom stereocenters. The highest BCUT2D eigenvalue weighted by Gasteiger charge is 2.76. The Balaban J connectivity index is 1.64. The lowest BCUT2D eigenvalue weighted by Gasteiger charge is -2.66. The van der Waals surface area contributed by atoms with Gasteiger partial charge in [-0.15, -0.1) is 0 Å². The van der Waals surface area contributed by atoms with Crippen molar-refractivity contribution in [1.82, 2.24) is 0 Å². The standard InChI is InChI=1S/C34H43N3O8/c1-15(2)18-12-20(37-31(44)36-17-10-8-7-9-11-17)25(38)21-19(18)13-32(5)14-33(6)23(16(3)4)27(40)22(30(35)43)28(41)34(33,45)29(42)24(32)26(21)39/h7-12,15-16,22-24,27,29,38,40,42,45H,13-14H2,1-6H3,(H2,35,43)(H2,36,37,44)/t22-,23+,24-,27?,29?,32-,33-,34+/m1/s1. The van der Waals surface area contributed by atoms with Gasteiger partial charge in [0, 0.05) is 11.1 Å². The van der Waals surface area contributed by atoms with E-state index in [1.165, 1.54) is 0 Å². The topological polar surface area (TPSA) is 199 Å². The van der Waals surface area contributed by atoms with Crippen molar-refractivity contribution in [1.29, 1.82) is 0 Å². The van der Waals surface area contributed by atoms with Crippen LogP contribution in [0.3, 0.4) is 0 Å². The number of phenolic OH excluding ortho intramolecular Hbond substituents is 1. The molecule has 2 fully saturated rings. The van der Waals surface area contributed by atoms with E-state index in [-0.39, 0.29) is 35.9 Å². The molecule has 8 atom stereocenters. The van der Waals surface area contributed by atoms with E-state index in [0.29, 0.717) is 16.8 Å². The SMILES string of the molecule is CC(C)c1cc(NC(=O)Nc2ccccc2)c(O)c2c1C[C@]1(C)C[C@]3(C)[C@@H](C(C)C)C(O)[C@@H](C(N)=O)C(=O)[C@]3(O)C(O)[C@H]1C2=O. The summed E-state index contributed by atoms with van der Waals surface area (Å²) in [5.41, 5.74) is 2.16. The minimum absolute atomic E-state index is 0.0118. The van der Waals surface area contributed by atoms with Crippen LogP contribution in [0.4, 0.5) is 16.2 Å². The fourth-order valence-electron chi connectivity index (χ4n) is 9.04. The van der Waals surface area contributed by atoms with Crippen molar-refractivity contribution in [2.75, 3.05) is 10.6 Å². The number of carbonyl (C=O) groups is 4. The molecular weight excluding hydrogens is 578 g/mol. The number of ketones is 2. The van der Waals surface area contributed by atoms with Gasteiger partial charge in [-0.25, -0.2) is 4.79 Å². The van der Waals surface area contributed by atoms with Crippen molar-refractivity contribution in [3.8, 4) is 5.75 Å². The normalized spacial score (nSPS) is 34.2. The van der Waals surface area contributed by atoms with Crippen LogP contribution in [0.25, 0.3) is 0 Å². The number of rotatable bonds is 5. The smallest absolute Gasteiger partial charge is 0.323 e. The van der Waals surface area contributed by atoms with Crippen LogP contribution < -0.4 is 16.4 Å². The highest BCUT2D eigenvalue weighted by molar-refractivity contribution is 6.10. The highest BCUT2D eigenvalue weighted by Crippen LogP contribution is 2.66. The molecular formula is C34H43N3O8. The number of fused-ring (bicyclic) bond motifs is 3. The van der Waals surface area contributed by atoms with Crippen molar-refractivity contribution in [3.05, 3.63) is 53.1 Å². The number of amides is 3. The molecule has 8 N–H and O–H groups in total.